The number of fused-ring (bicyclic) bond motifs is 1. The van der Waals surface area contributed by atoms with Crippen molar-refractivity contribution in [1.29, 1.82) is 0 Å². The Morgan fingerprint density at radius 2 is 2.13 bits per heavy atom. The maximum Gasteiger partial charge on any atom is 0.170 e. The summed E-state index contributed by atoms with van der Waals surface area (Å²) in [5, 5.41) is 0. The number of aromatic nitrogens is 2. The summed E-state index contributed by atoms with van der Waals surface area (Å²) in [5.74, 6) is 0.947. The lowest BCUT2D eigenvalue weighted by atomic mass is 10.2. The van der Waals surface area contributed by atoms with E-state index < -0.39 is 0 Å². The van der Waals surface area contributed by atoms with Crippen LogP contribution in [0.2, 0.25) is 0 Å². The Bertz CT molecular complexity index is 500. The SMILES string of the molecule is CCc1ccc2c(C=O)nc(CC)n2c1. The minimum absolute atomic E-state index is 0.537. The Morgan fingerprint density at radius 1 is 1.33 bits per heavy atom. The lowest BCUT2D eigenvalue weighted by molar-refractivity contribution is 0.112. The fourth-order valence-electron chi connectivity index (χ4n) is 1.76. The van der Waals surface area contributed by atoms with Crippen molar-refractivity contribution in [3.8, 4) is 0 Å². The first-order valence-corrected chi connectivity index (χ1v) is 5.25. The molecule has 0 aromatic carbocycles. The molecular weight excluding hydrogens is 188 g/mol. The van der Waals surface area contributed by atoms with E-state index in [1.165, 1.54) is 5.56 Å². The zero-order valence-electron chi connectivity index (χ0n) is 9.03. The van der Waals surface area contributed by atoms with Crippen molar-refractivity contribution < 1.29 is 4.79 Å². The molecule has 0 aliphatic carbocycles. The third kappa shape index (κ3) is 1.54. The first kappa shape index (κ1) is 9.90. The molecule has 15 heavy (non-hydrogen) atoms. The average molecular weight is 202 g/mol. The Labute approximate surface area is 88.8 Å². The van der Waals surface area contributed by atoms with Crippen molar-refractivity contribution in [2.45, 2.75) is 26.7 Å². The Hall–Kier alpha value is -1.64. The number of carbonyl (C=O) groups is 1. The molecule has 2 aromatic rings. The van der Waals surface area contributed by atoms with Gasteiger partial charge in [-0.1, -0.05) is 19.9 Å². The summed E-state index contributed by atoms with van der Waals surface area (Å²) in [6.07, 6.45) is 4.71. The first-order valence-electron chi connectivity index (χ1n) is 5.25. The molecule has 0 fully saturated rings. The van der Waals surface area contributed by atoms with E-state index in [0.29, 0.717) is 5.69 Å². The van der Waals surface area contributed by atoms with E-state index >= 15 is 0 Å². The second-order valence-electron chi connectivity index (χ2n) is 3.53. The van der Waals surface area contributed by atoms with Gasteiger partial charge in [0, 0.05) is 12.6 Å². The molecule has 0 radical (unpaired) electrons. The van der Waals surface area contributed by atoms with Crippen LogP contribution >= 0.6 is 0 Å². The topological polar surface area (TPSA) is 34.4 Å². The highest BCUT2D eigenvalue weighted by atomic mass is 16.1. The molecule has 2 aromatic heterocycles. The van der Waals surface area contributed by atoms with Gasteiger partial charge in [-0.15, -0.1) is 0 Å². The van der Waals surface area contributed by atoms with Crippen molar-refractivity contribution in [3.63, 3.8) is 0 Å². The largest absolute Gasteiger partial charge is 0.303 e. The standard InChI is InChI=1S/C12H14N2O/c1-3-9-5-6-11-10(8-15)13-12(4-2)14(11)7-9/h5-8H,3-4H2,1-2H3. The van der Waals surface area contributed by atoms with Crippen LogP contribution in [0.15, 0.2) is 18.3 Å². The quantitative estimate of drug-likeness (QED) is 0.715. The number of aldehydes is 1. The van der Waals surface area contributed by atoms with Crippen LogP contribution in [-0.2, 0) is 12.8 Å². The van der Waals surface area contributed by atoms with Crippen LogP contribution in [0.25, 0.3) is 5.52 Å². The van der Waals surface area contributed by atoms with Crippen molar-refractivity contribution in [3.05, 3.63) is 35.4 Å². The molecule has 0 aliphatic rings. The lowest BCUT2D eigenvalue weighted by Gasteiger charge is -2.01. The highest BCUT2D eigenvalue weighted by molar-refractivity contribution is 5.83. The van der Waals surface area contributed by atoms with E-state index in [1.807, 2.05) is 23.5 Å². The molecule has 2 heterocycles. The smallest absolute Gasteiger partial charge is 0.170 e. The predicted molar refractivity (Wildman–Crippen MR) is 59.3 cm³/mol. The summed E-state index contributed by atoms with van der Waals surface area (Å²) in [5.41, 5.74) is 2.70. The molecule has 78 valence electrons. The normalized spacial score (nSPS) is 10.8. The molecule has 0 aliphatic heterocycles. The van der Waals surface area contributed by atoms with Crippen LogP contribution in [-0.4, -0.2) is 15.7 Å². The second-order valence-corrected chi connectivity index (χ2v) is 3.53. The van der Waals surface area contributed by atoms with E-state index in [1.54, 1.807) is 0 Å². The van der Waals surface area contributed by atoms with E-state index in [2.05, 4.69) is 18.1 Å². The summed E-state index contributed by atoms with van der Waals surface area (Å²) >= 11 is 0. The zero-order valence-corrected chi connectivity index (χ0v) is 9.03. The van der Waals surface area contributed by atoms with Crippen molar-refractivity contribution >= 4 is 11.8 Å². The maximum absolute atomic E-state index is 10.8. The summed E-state index contributed by atoms with van der Waals surface area (Å²) in [4.78, 5) is 15.1. The van der Waals surface area contributed by atoms with Gasteiger partial charge in [-0.2, -0.15) is 0 Å². The predicted octanol–water partition coefficient (Wildman–Crippen LogP) is 2.27. The molecule has 2 rings (SSSR count). The molecular formula is C12H14N2O. The molecule has 0 spiro atoms. The second kappa shape index (κ2) is 3.85. The minimum atomic E-state index is 0.537. The number of imidazole rings is 1. The molecule has 0 unspecified atom stereocenters. The summed E-state index contributed by atoms with van der Waals surface area (Å²) in [6, 6.07) is 4.01. The van der Waals surface area contributed by atoms with Gasteiger partial charge in [-0.3, -0.25) is 4.79 Å². The fourth-order valence-corrected chi connectivity index (χ4v) is 1.76. The molecule has 0 saturated carbocycles. The van der Waals surface area contributed by atoms with Gasteiger partial charge >= 0.3 is 0 Å². The monoisotopic (exact) mass is 202 g/mol. The van der Waals surface area contributed by atoms with Crippen LogP contribution in [0, 0.1) is 0 Å². The molecule has 3 nitrogen and oxygen atoms in total. The third-order valence-electron chi connectivity index (χ3n) is 2.64. The Morgan fingerprint density at radius 3 is 2.73 bits per heavy atom. The van der Waals surface area contributed by atoms with Gasteiger partial charge in [0.05, 0.1) is 5.52 Å². The molecule has 0 saturated heterocycles. The van der Waals surface area contributed by atoms with Crippen molar-refractivity contribution in [2.75, 3.05) is 0 Å². The van der Waals surface area contributed by atoms with Crippen molar-refractivity contribution in [1.82, 2.24) is 9.38 Å². The molecule has 3 heteroatoms. The van der Waals surface area contributed by atoms with E-state index in [0.717, 1.165) is 30.5 Å². The highest BCUT2D eigenvalue weighted by Gasteiger charge is 2.08. The number of carbonyl (C=O) groups excluding carboxylic acids is 1. The number of pyridine rings is 1. The molecule has 0 N–H and O–H groups in total. The van der Waals surface area contributed by atoms with Gasteiger partial charge in [0.25, 0.3) is 0 Å². The minimum Gasteiger partial charge on any atom is -0.303 e. The first-order chi connectivity index (χ1) is 7.30. The fraction of sp³-hybridized carbons (Fsp3) is 0.333. The average Bonchev–Trinajstić information content (AvgIpc) is 2.65. The van der Waals surface area contributed by atoms with Crippen LogP contribution in [0.4, 0.5) is 0 Å². The highest BCUT2D eigenvalue weighted by Crippen LogP contribution is 2.14. The summed E-state index contributed by atoms with van der Waals surface area (Å²) < 4.78 is 2.02. The molecule has 0 bridgehead atoms. The summed E-state index contributed by atoms with van der Waals surface area (Å²) in [6.45, 7) is 4.16. The van der Waals surface area contributed by atoms with Gasteiger partial charge < -0.3 is 4.40 Å². The Balaban J connectivity index is 2.73. The van der Waals surface area contributed by atoms with Gasteiger partial charge in [-0.25, -0.2) is 4.98 Å². The number of nitrogens with zero attached hydrogens (tertiary/aromatic N) is 2. The number of hydrogen-bond acceptors (Lipinski definition) is 2. The summed E-state index contributed by atoms with van der Waals surface area (Å²) in [7, 11) is 0. The van der Waals surface area contributed by atoms with Crippen LogP contribution in [0.3, 0.4) is 0 Å². The molecule has 0 atom stereocenters. The number of rotatable bonds is 3. The maximum atomic E-state index is 10.8. The lowest BCUT2D eigenvalue weighted by Crippen LogP contribution is -1.93. The van der Waals surface area contributed by atoms with Gasteiger partial charge in [0.15, 0.2) is 6.29 Å². The van der Waals surface area contributed by atoms with Gasteiger partial charge in [-0.05, 0) is 18.1 Å². The zero-order chi connectivity index (χ0) is 10.8. The van der Waals surface area contributed by atoms with E-state index in [-0.39, 0.29) is 0 Å². The third-order valence-corrected chi connectivity index (χ3v) is 2.64. The van der Waals surface area contributed by atoms with Gasteiger partial charge in [0.2, 0.25) is 0 Å². The molecule has 0 amide bonds. The van der Waals surface area contributed by atoms with Crippen LogP contribution < -0.4 is 0 Å². The van der Waals surface area contributed by atoms with E-state index in [4.69, 9.17) is 0 Å². The number of hydrogen-bond donors (Lipinski definition) is 0. The number of aryl methyl sites for hydroxylation is 2. The van der Waals surface area contributed by atoms with E-state index in [9.17, 15) is 4.79 Å². The van der Waals surface area contributed by atoms with Gasteiger partial charge in [0.1, 0.15) is 11.5 Å². The van der Waals surface area contributed by atoms with Crippen LogP contribution in [0.1, 0.15) is 35.7 Å². The van der Waals surface area contributed by atoms with Crippen molar-refractivity contribution in [2.24, 2.45) is 0 Å². The van der Waals surface area contributed by atoms with Crippen LogP contribution in [0.5, 0.6) is 0 Å². The Kier molecular flexibility index (Phi) is 2.54.